The Balaban J connectivity index is 1.75. The van der Waals surface area contributed by atoms with Crippen LogP contribution in [-0.4, -0.2) is 24.0 Å². The lowest BCUT2D eigenvalue weighted by atomic mass is 10.2. The van der Waals surface area contributed by atoms with E-state index in [0.29, 0.717) is 25.3 Å². The van der Waals surface area contributed by atoms with Crippen LogP contribution >= 0.6 is 15.9 Å². The molecule has 1 saturated heterocycles. The van der Waals surface area contributed by atoms with Gasteiger partial charge in [-0.3, -0.25) is 4.90 Å². The first-order chi connectivity index (χ1) is 10.1. The Morgan fingerprint density at radius 1 is 1.05 bits per heavy atom. The van der Waals surface area contributed by atoms with Crippen molar-refractivity contribution in [2.24, 2.45) is 0 Å². The summed E-state index contributed by atoms with van der Waals surface area (Å²) in [5.41, 5.74) is 8.51. The van der Waals surface area contributed by atoms with Gasteiger partial charge in [-0.25, -0.2) is 4.79 Å². The molecule has 3 rings (SSSR count). The number of nitrogens with two attached hydrogens (primary N) is 1. The van der Waals surface area contributed by atoms with Gasteiger partial charge in [-0.15, -0.1) is 0 Å². The van der Waals surface area contributed by atoms with E-state index in [0.717, 1.165) is 15.7 Å². The van der Waals surface area contributed by atoms with Crippen molar-refractivity contribution in [3.63, 3.8) is 0 Å². The number of anilines is 2. The van der Waals surface area contributed by atoms with Crippen molar-refractivity contribution in [3.8, 4) is 0 Å². The summed E-state index contributed by atoms with van der Waals surface area (Å²) in [6.45, 7) is 2.00. The molecule has 1 heterocycles. The number of benzene rings is 2. The number of halogens is 1. The zero-order valence-corrected chi connectivity index (χ0v) is 13.1. The fraction of sp³-hybridized carbons (Fsp3) is 0.188. The molecule has 1 aliphatic rings. The molecule has 108 valence electrons. The highest BCUT2D eigenvalue weighted by Gasteiger charge is 2.30. The molecule has 5 heteroatoms. The number of hydrogen-bond acceptors (Lipinski definition) is 2. The highest BCUT2D eigenvalue weighted by molar-refractivity contribution is 9.10. The van der Waals surface area contributed by atoms with E-state index < -0.39 is 0 Å². The third kappa shape index (κ3) is 2.88. The number of para-hydroxylation sites is 2. The highest BCUT2D eigenvalue weighted by Crippen LogP contribution is 2.27. The molecule has 0 atom stereocenters. The Kier molecular flexibility index (Phi) is 3.84. The average molecular weight is 346 g/mol. The van der Waals surface area contributed by atoms with Gasteiger partial charge < -0.3 is 10.6 Å². The molecule has 0 saturated carbocycles. The van der Waals surface area contributed by atoms with Gasteiger partial charge in [0.2, 0.25) is 0 Å². The molecule has 0 aromatic heterocycles. The second kappa shape index (κ2) is 5.77. The Hall–Kier alpha value is -2.01. The minimum absolute atomic E-state index is 0.0100. The summed E-state index contributed by atoms with van der Waals surface area (Å²) >= 11 is 3.42. The molecule has 2 aromatic carbocycles. The first kappa shape index (κ1) is 13.9. The number of nitrogens with zero attached hydrogens (tertiary/aromatic N) is 2. The summed E-state index contributed by atoms with van der Waals surface area (Å²) < 4.78 is 1.04. The monoisotopic (exact) mass is 345 g/mol. The number of carbonyl (C=O) groups excluding carboxylic acids is 1. The lowest BCUT2D eigenvalue weighted by Gasteiger charge is -2.20. The molecule has 2 amide bonds. The van der Waals surface area contributed by atoms with Gasteiger partial charge in [-0.1, -0.05) is 40.2 Å². The topological polar surface area (TPSA) is 49.6 Å². The summed E-state index contributed by atoms with van der Waals surface area (Å²) in [5.74, 6) is 0. The molecular weight excluding hydrogens is 330 g/mol. The molecule has 0 aliphatic carbocycles. The van der Waals surface area contributed by atoms with Gasteiger partial charge in [0.1, 0.15) is 0 Å². The molecule has 1 aliphatic heterocycles. The van der Waals surface area contributed by atoms with E-state index in [1.165, 1.54) is 0 Å². The minimum atomic E-state index is 0.0100. The lowest BCUT2D eigenvalue weighted by molar-refractivity contribution is 0.219. The predicted octanol–water partition coefficient (Wildman–Crippen LogP) is 3.47. The van der Waals surface area contributed by atoms with Crippen LogP contribution in [0.5, 0.6) is 0 Å². The number of amides is 2. The van der Waals surface area contributed by atoms with Crippen LogP contribution in [0.3, 0.4) is 0 Å². The van der Waals surface area contributed by atoms with E-state index in [2.05, 4.69) is 15.9 Å². The van der Waals surface area contributed by atoms with Gasteiger partial charge in [0.15, 0.2) is 0 Å². The number of carbonyl (C=O) groups is 1. The summed E-state index contributed by atoms with van der Waals surface area (Å²) in [6.07, 6.45) is 0. The molecule has 0 radical (unpaired) electrons. The van der Waals surface area contributed by atoms with Crippen molar-refractivity contribution in [1.82, 2.24) is 4.90 Å². The molecule has 0 spiro atoms. The van der Waals surface area contributed by atoms with E-state index in [4.69, 9.17) is 5.73 Å². The van der Waals surface area contributed by atoms with Crippen LogP contribution in [0.4, 0.5) is 16.2 Å². The second-order valence-corrected chi connectivity index (χ2v) is 5.96. The number of nitrogen functional groups attached to an aromatic ring is 1. The Labute approximate surface area is 132 Å². The largest absolute Gasteiger partial charge is 0.397 e. The minimum Gasteiger partial charge on any atom is -0.397 e. The van der Waals surface area contributed by atoms with Crippen molar-refractivity contribution in [1.29, 1.82) is 0 Å². The van der Waals surface area contributed by atoms with Gasteiger partial charge in [0.05, 0.1) is 11.4 Å². The van der Waals surface area contributed by atoms with E-state index >= 15 is 0 Å². The maximum absolute atomic E-state index is 12.5. The molecule has 2 N–H and O–H groups in total. The Bertz CT molecular complexity index is 657. The Morgan fingerprint density at radius 3 is 2.48 bits per heavy atom. The van der Waals surface area contributed by atoms with Crippen molar-refractivity contribution in [2.45, 2.75) is 6.54 Å². The summed E-state index contributed by atoms with van der Waals surface area (Å²) in [7, 11) is 0. The van der Waals surface area contributed by atoms with Crippen molar-refractivity contribution in [2.75, 3.05) is 23.7 Å². The maximum atomic E-state index is 12.5. The standard InChI is InChI=1S/C16H16BrN3O/c17-13-7-5-12(6-8-13)11-19-9-10-20(16(19)21)15-4-2-1-3-14(15)18/h1-8H,9-11,18H2. The molecule has 21 heavy (non-hydrogen) atoms. The van der Waals surface area contributed by atoms with Gasteiger partial charge in [0.25, 0.3) is 0 Å². The summed E-state index contributed by atoms with van der Waals surface area (Å²) in [6, 6.07) is 15.5. The zero-order chi connectivity index (χ0) is 14.8. The van der Waals surface area contributed by atoms with Gasteiger partial charge in [-0.2, -0.15) is 0 Å². The molecule has 4 nitrogen and oxygen atoms in total. The first-order valence-electron chi connectivity index (χ1n) is 6.80. The van der Waals surface area contributed by atoms with Crippen LogP contribution < -0.4 is 10.6 Å². The van der Waals surface area contributed by atoms with Gasteiger partial charge >= 0.3 is 6.03 Å². The lowest BCUT2D eigenvalue weighted by Crippen LogP contribution is -2.31. The fourth-order valence-corrected chi connectivity index (χ4v) is 2.76. The van der Waals surface area contributed by atoms with E-state index in [1.807, 2.05) is 53.4 Å². The first-order valence-corrected chi connectivity index (χ1v) is 7.60. The molecule has 2 aromatic rings. The number of urea groups is 1. The SMILES string of the molecule is Nc1ccccc1N1CCN(Cc2ccc(Br)cc2)C1=O. The smallest absolute Gasteiger partial charge is 0.324 e. The number of rotatable bonds is 3. The van der Waals surface area contributed by atoms with Crippen molar-refractivity contribution >= 4 is 33.3 Å². The van der Waals surface area contributed by atoms with Crippen LogP contribution in [0.25, 0.3) is 0 Å². The molecule has 0 bridgehead atoms. The normalized spacial score (nSPS) is 14.8. The molecule has 1 fully saturated rings. The highest BCUT2D eigenvalue weighted by atomic mass is 79.9. The van der Waals surface area contributed by atoms with Crippen LogP contribution in [0.1, 0.15) is 5.56 Å². The van der Waals surface area contributed by atoms with E-state index in [9.17, 15) is 4.79 Å². The Morgan fingerprint density at radius 2 is 1.76 bits per heavy atom. The third-order valence-corrected chi connectivity index (χ3v) is 4.14. The van der Waals surface area contributed by atoms with Gasteiger partial charge in [-0.05, 0) is 29.8 Å². The zero-order valence-electron chi connectivity index (χ0n) is 11.5. The van der Waals surface area contributed by atoms with Crippen LogP contribution in [0.2, 0.25) is 0 Å². The van der Waals surface area contributed by atoms with E-state index in [1.54, 1.807) is 4.90 Å². The van der Waals surface area contributed by atoms with Crippen LogP contribution in [0.15, 0.2) is 53.0 Å². The second-order valence-electron chi connectivity index (χ2n) is 5.04. The maximum Gasteiger partial charge on any atom is 0.324 e. The number of hydrogen-bond donors (Lipinski definition) is 1. The quantitative estimate of drug-likeness (QED) is 0.865. The predicted molar refractivity (Wildman–Crippen MR) is 88.1 cm³/mol. The van der Waals surface area contributed by atoms with Crippen LogP contribution in [-0.2, 0) is 6.54 Å². The van der Waals surface area contributed by atoms with Crippen LogP contribution in [0, 0.1) is 0 Å². The third-order valence-electron chi connectivity index (χ3n) is 3.61. The fourth-order valence-electron chi connectivity index (χ4n) is 2.50. The average Bonchev–Trinajstić information content (AvgIpc) is 2.83. The van der Waals surface area contributed by atoms with Crippen molar-refractivity contribution in [3.05, 3.63) is 58.6 Å². The van der Waals surface area contributed by atoms with Crippen molar-refractivity contribution < 1.29 is 4.79 Å². The molecule has 0 unspecified atom stereocenters. The molecular formula is C16H16BrN3O. The summed E-state index contributed by atoms with van der Waals surface area (Å²) in [5, 5.41) is 0. The van der Waals surface area contributed by atoms with Gasteiger partial charge in [0, 0.05) is 24.1 Å². The summed E-state index contributed by atoms with van der Waals surface area (Å²) in [4.78, 5) is 16.1. The van der Waals surface area contributed by atoms with E-state index in [-0.39, 0.29) is 6.03 Å².